The van der Waals surface area contributed by atoms with Gasteiger partial charge in [-0.2, -0.15) is 0 Å². The summed E-state index contributed by atoms with van der Waals surface area (Å²) < 4.78 is 5.50. The average molecular weight is 399 g/mol. The molecule has 8 nitrogen and oxygen atoms in total. The predicted molar refractivity (Wildman–Crippen MR) is 108 cm³/mol. The number of carbonyl (C=O) groups excluding carboxylic acids is 1. The number of rotatable bonds is 5. The standard InChI is InChI=1S/C21H29N5O3/c1-2-24-8-10-26(11-9-24)21(28)18-15-25(7-5-20(18)27)14-17-12-19(23-29-17)16-4-3-6-22-13-16/h3-4,6,12-13,18,20,27H,2,5,7-11,14-15H2,1H3/t18-,20+/m0/s1. The number of amides is 1. The minimum absolute atomic E-state index is 0.0755. The summed E-state index contributed by atoms with van der Waals surface area (Å²) in [7, 11) is 0. The Kier molecular flexibility index (Phi) is 6.22. The van der Waals surface area contributed by atoms with Crippen LogP contribution in [0, 0.1) is 5.92 Å². The molecular formula is C21H29N5O3. The number of nitrogens with zero attached hydrogens (tertiary/aromatic N) is 5. The van der Waals surface area contributed by atoms with Crippen molar-refractivity contribution in [2.24, 2.45) is 5.92 Å². The van der Waals surface area contributed by atoms with Gasteiger partial charge in [0.2, 0.25) is 5.91 Å². The van der Waals surface area contributed by atoms with Crippen LogP contribution in [-0.4, -0.2) is 87.8 Å². The van der Waals surface area contributed by atoms with Crippen molar-refractivity contribution in [2.75, 3.05) is 45.8 Å². The van der Waals surface area contributed by atoms with Crippen LogP contribution in [0.25, 0.3) is 11.3 Å². The second-order valence-electron chi connectivity index (χ2n) is 7.88. The number of hydrogen-bond acceptors (Lipinski definition) is 7. The molecule has 29 heavy (non-hydrogen) atoms. The largest absolute Gasteiger partial charge is 0.392 e. The van der Waals surface area contributed by atoms with Crippen molar-refractivity contribution in [3.8, 4) is 11.3 Å². The molecule has 0 aliphatic carbocycles. The lowest BCUT2D eigenvalue weighted by Gasteiger charge is -2.40. The highest BCUT2D eigenvalue weighted by atomic mass is 16.5. The molecule has 4 heterocycles. The van der Waals surface area contributed by atoms with Gasteiger partial charge < -0.3 is 19.4 Å². The Morgan fingerprint density at radius 2 is 2.07 bits per heavy atom. The van der Waals surface area contributed by atoms with Crippen molar-refractivity contribution in [2.45, 2.75) is 26.0 Å². The summed E-state index contributed by atoms with van der Waals surface area (Å²) in [4.78, 5) is 23.6. The molecule has 4 rings (SSSR count). The SMILES string of the molecule is CCN1CCN(C(=O)[C@H]2CN(Cc3cc(-c4cccnc4)no3)CC[C@H]2O)CC1. The number of pyridine rings is 1. The molecular weight excluding hydrogens is 370 g/mol. The summed E-state index contributed by atoms with van der Waals surface area (Å²) in [5.41, 5.74) is 1.67. The van der Waals surface area contributed by atoms with Crippen LogP contribution >= 0.6 is 0 Å². The molecule has 2 atom stereocenters. The molecule has 0 spiro atoms. The van der Waals surface area contributed by atoms with E-state index in [1.54, 1.807) is 12.4 Å². The Morgan fingerprint density at radius 1 is 1.24 bits per heavy atom. The molecule has 0 aromatic carbocycles. The zero-order chi connectivity index (χ0) is 20.2. The lowest BCUT2D eigenvalue weighted by Crippen LogP contribution is -2.55. The molecule has 0 saturated carbocycles. The Labute approximate surface area is 171 Å². The smallest absolute Gasteiger partial charge is 0.229 e. The van der Waals surface area contributed by atoms with E-state index in [9.17, 15) is 9.90 Å². The van der Waals surface area contributed by atoms with Crippen LogP contribution in [0.4, 0.5) is 0 Å². The highest BCUT2D eigenvalue weighted by Gasteiger charge is 2.36. The van der Waals surface area contributed by atoms with Crippen molar-refractivity contribution in [3.05, 3.63) is 36.4 Å². The molecule has 2 aromatic heterocycles. The maximum absolute atomic E-state index is 13.0. The maximum atomic E-state index is 13.0. The van der Waals surface area contributed by atoms with Gasteiger partial charge in [0.25, 0.3) is 0 Å². The number of aromatic nitrogens is 2. The fraction of sp³-hybridized carbons (Fsp3) is 0.571. The summed E-state index contributed by atoms with van der Waals surface area (Å²) in [5, 5.41) is 14.6. The monoisotopic (exact) mass is 399 g/mol. The van der Waals surface area contributed by atoms with Crippen LogP contribution in [0.1, 0.15) is 19.1 Å². The number of likely N-dealkylation sites (tertiary alicyclic amines) is 1. The number of hydrogen-bond donors (Lipinski definition) is 1. The normalized spacial score (nSPS) is 24.0. The number of likely N-dealkylation sites (N-methyl/N-ethyl adjacent to an activating group) is 1. The Bertz CT molecular complexity index is 804. The van der Waals surface area contributed by atoms with Gasteiger partial charge in [0.1, 0.15) is 5.69 Å². The average Bonchev–Trinajstić information content (AvgIpc) is 3.24. The summed E-state index contributed by atoms with van der Waals surface area (Å²) >= 11 is 0. The summed E-state index contributed by atoms with van der Waals surface area (Å²) in [6.45, 7) is 8.30. The number of aliphatic hydroxyl groups is 1. The first-order valence-electron chi connectivity index (χ1n) is 10.4. The van der Waals surface area contributed by atoms with Crippen molar-refractivity contribution in [3.63, 3.8) is 0 Å². The van der Waals surface area contributed by atoms with Crippen LogP contribution < -0.4 is 0 Å². The van der Waals surface area contributed by atoms with Gasteiger partial charge in [0, 0.05) is 63.3 Å². The zero-order valence-electron chi connectivity index (χ0n) is 16.9. The van der Waals surface area contributed by atoms with Gasteiger partial charge in [-0.1, -0.05) is 12.1 Å². The molecule has 8 heteroatoms. The Morgan fingerprint density at radius 3 is 2.79 bits per heavy atom. The maximum Gasteiger partial charge on any atom is 0.229 e. The third-order valence-corrected chi connectivity index (χ3v) is 6.00. The summed E-state index contributed by atoms with van der Waals surface area (Å²) in [6.07, 6.45) is 3.49. The second kappa shape index (κ2) is 9.02. The number of carbonyl (C=O) groups is 1. The van der Waals surface area contributed by atoms with Gasteiger partial charge in [-0.15, -0.1) is 0 Å². The lowest BCUT2D eigenvalue weighted by atomic mass is 9.93. The molecule has 2 aromatic rings. The first-order chi connectivity index (χ1) is 14.1. The molecule has 2 aliphatic rings. The van der Waals surface area contributed by atoms with Gasteiger partial charge >= 0.3 is 0 Å². The van der Waals surface area contributed by atoms with E-state index in [1.165, 1.54) is 0 Å². The van der Waals surface area contributed by atoms with Gasteiger partial charge in [-0.25, -0.2) is 0 Å². The third-order valence-electron chi connectivity index (χ3n) is 6.00. The highest BCUT2D eigenvalue weighted by molar-refractivity contribution is 5.80. The molecule has 2 fully saturated rings. The Hall–Kier alpha value is -2.29. The third kappa shape index (κ3) is 4.66. The van der Waals surface area contributed by atoms with Crippen molar-refractivity contribution in [1.82, 2.24) is 24.8 Å². The highest BCUT2D eigenvalue weighted by Crippen LogP contribution is 2.24. The Balaban J connectivity index is 1.36. The van der Waals surface area contributed by atoms with Crippen molar-refractivity contribution < 1.29 is 14.4 Å². The van der Waals surface area contributed by atoms with Crippen LogP contribution in [0.5, 0.6) is 0 Å². The van der Waals surface area contributed by atoms with E-state index in [-0.39, 0.29) is 11.8 Å². The fourth-order valence-corrected chi connectivity index (χ4v) is 4.17. The minimum Gasteiger partial charge on any atom is -0.392 e. The first kappa shape index (κ1) is 20.0. The molecule has 2 aliphatic heterocycles. The molecule has 1 amide bonds. The van der Waals surface area contributed by atoms with Gasteiger partial charge in [-0.3, -0.25) is 14.7 Å². The van der Waals surface area contributed by atoms with Crippen LogP contribution in [0.3, 0.4) is 0 Å². The predicted octanol–water partition coefficient (Wildman–Crippen LogP) is 1.08. The lowest BCUT2D eigenvalue weighted by molar-refractivity contribution is -0.144. The summed E-state index contributed by atoms with van der Waals surface area (Å²) in [6, 6.07) is 5.73. The van der Waals surface area contributed by atoms with Crippen LogP contribution in [0.2, 0.25) is 0 Å². The number of aliphatic hydroxyl groups excluding tert-OH is 1. The molecule has 156 valence electrons. The van der Waals surface area contributed by atoms with E-state index >= 15 is 0 Å². The number of piperazine rings is 1. The second-order valence-corrected chi connectivity index (χ2v) is 7.88. The molecule has 0 radical (unpaired) electrons. The molecule has 2 saturated heterocycles. The summed E-state index contributed by atoms with van der Waals surface area (Å²) in [5.74, 6) is 0.451. The fourth-order valence-electron chi connectivity index (χ4n) is 4.17. The van der Waals surface area contributed by atoms with E-state index in [0.29, 0.717) is 19.5 Å². The molecule has 0 bridgehead atoms. The minimum atomic E-state index is -0.580. The van der Waals surface area contributed by atoms with Gasteiger partial charge in [0.05, 0.1) is 18.6 Å². The molecule has 1 N–H and O–H groups in total. The van der Waals surface area contributed by atoms with Crippen molar-refractivity contribution in [1.29, 1.82) is 0 Å². The van der Waals surface area contributed by atoms with E-state index in [0.717, 1.165) is 56.3 Å². The van der Waals surface area contributed by atoms with E-state index < -0.39 is 6.10 Å². The molecule has 0 unspecified atom stereocenters. The van der Waals surface area contributed by atoms with E-state index in [1.807, 2.05) is 23.1 Å². The zero-order valence-corrected chi connectivity index (χ0v) is 16.9. The van der Waals surface area contributed by atoms with Crippen LogP contribution in [-0.2, 0) is 11.3 Å². The first-order valence-corrected chi connectivity index (χ1v) is 10.4. The van der Waals surface area contributed by atoms with Gasteiger partial charge in [-0.05, 0) is 25.1 Å². The van der Waals surface area contributed by atoms with E-state index in [4.69, 9.17) is 4.52 Å². The van der Waals surface area contributed by atoms with Crippen LogP contribution in [0.15, 0.2) is 35.1 Å². The van der Waals surface area contributed by atoms with Crippen molar-refractivity contribution >= 4 is 5.91 Å². The number of piperidine rings is 1. The topological polar surface area (TPSA) is 85.9 Å². The van der Waals surface area contributed by atoms with E-state index in [2.05, 4.69) is 26.9 Å². The van der Waals surface area contributed by atoms with Gasteiger partial charge in [0.15, 0.2) is 5.76 Å². The quantitative estimate of drug-likeness (QED) is 0.805.